The highest BCUT2D eigenvalue weighted by molar-refractivity contribution is 7.99. The predicted octanol–water partition coefficient (Wildman–Crippen LogP) is 4.63. The van der Waals surface area contributed by atoms with Crippen molar-refractivity contribution in [2.75, 3.05) is 5.75 Å². The number of hydrogen-bond donors (Lipinski definition) is 0. The maximum Gasteiger partial charge on any atom is 0.277 e. The first-order valence-corrected chi connectivity index (χ1v) is 9.74. The molecule has 124 valence electrons. The summed E-state index contributed by atoms with van der Waals surface area (Å²) in [6.45, 7) is 8.07. The molecule has 0 aromatic carbocycles. The standard InChI is InChI=1S/C17H22N2O2S2/c1-10-5-6-12-11(7-10)8-13(23-12)15-18-19-16(21-15)22-9-14(20)17(2,3)4/h8,10H,5-7,9H2,1-4H3/t10-/m1/s1. The van der Waals surface area contributed by atoms with Crippen LogP contribution in [0.25, 0.3) is 10.8 Å². The van der Waals surface area contributed by atoms with Crippen molar-refractivity contribution in [1.82, 2.24) is 10.2 Å². The zero-order valence-electron chi connectivity index (χ0n) is 14.0. The van der Waals surface area contributed by atoms with E-state index in [1.165, 1.54) is 28.6 Å². The summed E-state index contributed by atoms with van der Waals surface area (Å²) in [5.41, 5.74) is 1.10. The van der Waals surface area contributed by atoms with Gasteiger partial charge in [0.05, 0.1) is 10.6 Å². The van der Waals surface area contributed by atoms with Crippen molar-refractivity contribution >= 4 is 28.9 Å². The Morgan fingerprint density at radius 3 is 2.96 bits per heavy atom. The number of nitrogens with zero attached hydrogens (tertiary/aromatic N) is 2. The van der Waals surface area contributed by atoms with E-state index in [1.54, 1.807) is 11.3 Å². The molecule has 0 spiro atoms. The van der Waals surface area contributed by atoms with Gasteiger partial charge in [0.15, 0.2) is 0 Å². The Hall–Kier alpha value is -1.14. The van der Waals surface area contributed by atoms with Crippen molar-refractivity contribution in [3.05, 3.63) is 16.5 Å². The Morgan fingerprint density at radius 2 is 2.22 bits per heavy atom. The maximum atomic E-state index is 12.0. The van der Waals surface area contributed by atoms with Gasteiger partial charge in [0.1, 0.15) is 5.78 Å². The number of Topliss-reactive ketones (excluding diaryl/α,β-unsaturated/α-hetero) is 1. The minimum Gasteiger partial charge on any atom is -0.410 e. The minimum atomic E-state index is -0.334. The summed E-state index contributed by atoms with van der Waals surface area (Å²) in [7, 11) is 0. The van der Waals surface area contributed by atoms with E-state index >= 15 is 0 Å². The third-order valence-electron chi connectivity index (χ3n) is 4.11. The Kier molecular flexibility index (Phi) is 4.65. The zero-order chi connectivity index (χ0) is 16.6. The van der Waals surface area contributed by atoms with Crippen LogP contribution in [-0.4, -0.2) is 21.7 Å². The normalized spacial score (nSPS) is 18.0. The molecule has 23 heavy (non-hydrogen) atoms. The molecule has 3 rings (SSSR count). The van der Waals surface area contributed by atoms with Crippen LogP contribution in [0.3, 0.4) is 0 Å². The lowest BCUT2D eigenvalue weighted by Gasteiger charge is -2.16. The topological polar surface area (TPSA) is 56.0 Å². The van der Waals surface area contributed by atoms with Crippen LogP contribution in [0.2, 0.25) is 0 Å². The monoisotopic (exact) mass is 350 g/mol. The SMILES string of the molecule is C[C@@H]1CCc2sc(-c3nnc(SCC(=O)C(C)(C)C)o3)cc2C1. The lowest BCUT2D eigenvalue weighted by molar-refractivity contribution is -0.123. The molecule has 0 amide bonds. The van der Waals surface area contributed by atoms with Gasteiger partial charge in [0.25, 0.3) is 11.1 Å². The fourth-order valence-corrected chi connectivity index (χ4v) is 4.58. The Bertz CT molecular complexity index is 712. The number of aryl methyl sites for hydroxylation is 1. The summed E-state index contributed by atoms with van der Waals surface area (Å²) < 4.78 is 5.74. The van der Waals surface area contributed by atoms with E-state index in [0.29, 0.717) is 16.9 Å². The van der Waals surface area contributed by atoms with Crippen LogP contribution >= 0.6 is 23.1 Å². The van der Waals surface area contributed by atoms with E-state index in [9.17, 15) is 4.79 Å². The summed E-state index contributed by atoms with van der Waals surface area (Å²) in [6.07, 6.45) is 3.55. The zero-order valence-corrected chi connectivity index (χ0v) is 15.6. The van der Waals surface area contributed by atoms with Crippen molar-refractivity contribution in [2.24, 2.45) is 11.3 Å². The average molecular weight is 351 g/mol. The van der Waals surface area contributed by atoms with Gasteiger partial charge in [-0.1, -0.05) is 39.5 Å². The molecule has 0 saturated heterocycles. The van der Waals surface area contributed by atoms with E-state index in [0.717, 1.165) is 23.6 Å². The van der Waals surface area contributed by atoms with Gasteiger partial charge in [0.2, 0.25) is 0 Å². The lowest BCUT2D eigenvalue weighted by Crippen LogP contribution is -2.21. The van der Waals surface area contributed by atoms with E-state index in [-0.39, 0.29) is 11.2 Å². The highest BCUT2D eigenvalue weighted by atomic mass is 32.2. The molecule has 1 aliphatic rings. The second-order valence-electron chi connectivity index (χ2n) is 7.24. The van der Waals surface area contributed by atoms with Crippen molar-refractivity contribution in [1.29, 1.82) is 0 Å². The van der Waals surface area contributed by atoms with Crippen LogP contribution in [0.1, 0.15) is 44.6 Å². The molecule has 6 heteroatoms. The van der Waals surface area contributed by atoms with Crippen LogP contribution in [0.4, 0.5) is 0 Å². The maximum absolute atomic E-state index is 12.0. The van der Waals surface area contributed by atoms with Crippen molar-refractivity contribution in [3.8, 4) is 10.8 Å². The summed E-state index contributed by atoms with van der Waals surface area (Å²) in [6, 6.07) is 2.19. The molecule has 0 bridgehead atoms. The van der Waals surface area contributed by atoms with Crippen LogP contribution < -0.4 is 0 Å². The summed E-state index contributed by atoms with van der Waals surface area (Å²) >= 11 is 3.08. The van der Waals surface area contributed by atoms with E-state index < -0.39 is 0 Å². The fourth-order valence-electron chi connectivity index (χ4n) is 2.52. The first kappa shape index (κ1) is 16.7. The van der Waals surface area contributed by atoms with Crippen molar-refractivity contribution < 1.29 is 9.21 Å². The number of hydrogen-bond acceptors (Lipinski definition) is 6. The third-order valence-corrected chi connectivity index (χ3v) is 6.15. The molecule has 1 aliphatic carbocycles. The number of aromatic nitrogens is 2. The quantitative estimate of drug-likeness (QED) is 0.753. The fraction of sp³-hybridized carbons (Fsp3) is 0.588. The number of carbonyl (C=O) groups is 1. The molecule has 0 radical (unpaired) electrons. The van der Waals surface area contributed by atoms with Gasteiger partial charge < -0.3 is 4.42 Å². The molecule has 0 N–H and O–H groups in total. The van der Waals surface area contributed by atoms with E-state index in [2.05, 4.69) is 23.2 Å². The second-order valence-corrected chi connectivity index (χ2v) is 9.31. The summed E-state index contributed by atoms with van der Waals surface area (Å²) in [4.78, 5) is 14.5. The first-order valence-electron chi connectivity index (χ1n) is 7.94. The third kappa shape index (κ3) is 3.86. The molecule has 0 aliphatic heterocycles. The van der Waals surface area contributed by atoms with Gasteiger partial charge in [-0.05, 0) is 36.8 Å². The van der Waals surface area contributed by atoms with E-state index in [4.69, 9.17) is 4.42 Å². The molecule has 2 aromatic heterocycles. The highest BCUT2D eigenvalue weighted by Gasteiger charge is 2.23. The largest absolute Gasteiger partial charge is 0.410 e. The van der Waals surface area contributed by atoms with Gasteiger partial charge in [-0.25, -0.2) is 0 Å². The number of thioether (sulfide) groups is 1. The molecule has 2 aromatic rings. The van der Waals surface area contributed by atoms with Crippen molar-refractivity contribution in [3.63, 3.8) is 0 Å². The van der Waals surface area contributed by atoms with Gasteiger partial charge in [-0.3, -0.25) is 4.79 Å². The molecule has 2 heterocycles. The lowest BCUT2D eigenvalue weighted by atomic mass is 9.90. The van der Waals surface area contributed by atoms with Gasteiger partial charge in [-0.15, -0.1) is 21.5 Å². The predicted molar refractivity (Wildman–Crippen MR) is 94.0 cm³/mol. The molecule has 0 fully saturated rings. The Balaban J connectivity index is 1.69. The van der Waals surface area contributed by atoms with Crippen LogP contribution in [-0.2, 0) is 17.6 Å². The minimum absolute atomic E-state index is 0.183. The number of carbonyl (C=O) groups excluding carboxylic acids is 1. The molecule has 1 atom stereocenters. The number of fused-ring (bicyclic) bond motifs is 1. The molecule has 4 nitrogen and oxygen atoms in total. The average Bonchev–Trinajstić information content (AvgIpc) is 3.09. The van der Waals surface area contributed by atoms with Gasteiger partial charge >= 0.3 is 0 Å². The van der Waals surface area contributed by atoms with Crippen molar-refractivity contribution in [2.45, 2.75) is 52.2 Å². The molecule has 0 saturated carbocycles. The Morgan fingerprint density at radius 1 is 1.43 bits per heavy atom. The van der Waals surface area contributed by atoms with Gasteiger partial charge in [-0.2, -0.15) is 0 Å². The van der Waals surface area contributed by atoms with Gasteiger partial charge in [0, 0.05) is 10.3 Å². The van der Waals surface area contributed by atoms with E-state index in [1.807, 2.05) is 20.8 Å². The van der Waals surface area contributed by atoms with Crippen LogP contribution in [0.5, 0.6) is 0 Å². The molecule has 0 unspecified atom stereocenters. The van der Waals surface area contributed by atoms with Crippen LogP contribution in [0, 0.1) is 11.3 Å². The number of ketones is 1. The highest BCUT2D eigenvalue weighted by Crippen LogP contribution is 2.37. The van der Waals surface area contributed by atoms with Crippen LogP contribution in [0.15, 0.2) is 15.7 Å². The second kappa shape index (κ2) is 6.40. The number of thiophene rings is 1. The molecular weight excluding hydrogens is 328 g/mol. The smallest absolute Gasteiger partial charge is 0.277 e. The molecular formula is C17H22N2O2S2. The summed E-state index contributed by atoms with van der Waals surface area (Å²) in [5, 5.41) is 8.69. The summed E-state index contributed by atoms with van der Waals surface area (Å²) in [5.74, 6) is 1.87. The Labute approximate surface area is 145 Å². The first-order chi connectivity index (χ1) is 10.8. The number of rotatable bonds is 4.